The van der Waals surface area contributed by atoms with E-state index in [4.69, 9.17) is 5.11 Å². The molecule has 1 heterocycles. The zero-order valence-corrected chi connectivity index (χ0v) is 10.5. The first kappa shape index (κ1) is 14.6. The molecule has 0 bridgehead atoms. The van der Waals surface area contributed by atoms with Gasteiger partial charge in [0, 0.05) is 6.26 Å². The Morgan fingerprint density at radius 3 is 2.28 bits per heavy atom. The second-order valence-electron chi connectivity index (χ2n) is 3.92. The lowest BCUT2D eigenvalue weighted by Crippen LogP contribution is -2.54. The zero-order valence-electron chi connectivity index (χ0n) is 9.66. The number of aliphatic carboxylic acids is 1. The van der Waals surface area contributed by atoms with Crippen LogP contribution in [0.1, 0.15) is 6.42 Å². The highest BCUT2D eigenvalue weighted by atomic mass is 32.2. The number of carbonyl (C=O) groups excluding carboxylic acids is 2. The number of carbonyl (C=O) groups is 3. The van der Waals surface area contributed by atoms with E-state index in [1.54, 1.807) is 0 Å². The van der Waals surface area contributed by atoms with E-state index in [2.05, 4.69) is 4.74 Å². The molecule has 0 saturated carbocycles. The Labute approximate surface area is 103 Å². The van der Waals surface area contributed by atoms with Crippen molar-refractivity contribution < 1.29 is 32.6 Å². The number of carboxylic acids is 1. The zero-order chi connectivity index (χ0) is 13.9. The molecular weight excluding hydrogens is 266 g/mol. The minimum Gasteiger partial charge on any atom is -0.480 e. The molecule has 1 atom stereocenters. The number of ether oxygens (including phenoxy) is 1. The van der Waals surface area contributed by atoms with E-state index in [1.165, 1.54) is 0 Å². The van der Waals surface area contributed by atoms with Crippen LogP contribution in [0.15, 0.2) is 0 Å². The number of imide groups is 1. The quantitative estimate of drug-likeness (QED) is 0.593. The van der Waals surface area contributed by atoms with Gasteiger partial charge in [0.2, 0.25) is 0 Å². The van der Waals surface area contributed by atoms with Gasteiger partial charge in [0.15, 0.2) is 0 Å². The Bertz CT molecular complexity index is 453. The van der Waals surface area contributed by atoms with Crippen LogP contribution in [-0.4, -0.2) is 67.5 Å². The van der Waals surface area contributed by atoms with Gasteiger partial charge in [-0.25, -0.2) is 13.2 Å². The van der Waals surface area contributed by atoms with Crippen LogP contribution < -0.4 is 0 Å². The van der Waals surface area contributed by atoms with Gasteiger partial charge >= 0.3 is 5.97 Å². The molecule has 1 aliphatic rings. The van der Waals surface area contributed by atoms with Crippen LogP contribution in [0.3, 0.4) is 0 Å². The van der Waals surface area contributed by atoms with Gasteiger partial charge in [0.1, 0.15) is 29.1 Å². The van der Waals surface area contributed by atoms with Crippen molar-refractivity contribution >= 4 is 27.6 Å². The molecule has 1 N–H and O–H groups in total. The summed E-state index contributed by atoms with van der Waals surface area (Å²) in [7, 11) is -3.37. The minimum atomic E-state index is -3.37. The number of morpholine rings is 1. The van der Waals surface area contributed by atoms with E-state index in [9.17, 15) is 22.8 Å². The number of sulfone groups is 1. The highest BCUT2D eigenvalue weighted by molar-refractivity contribution is 7.90. The molecular formula is C9H13NO7S. The largest absolute Gasteiger partial charge is 0.480 e. The molecule has 0 aromatic carbocycles. The molecule has 8 nitrogen and oxygen atoms in total. The molecule has 18 heavy (non-hydrogen) atoms. The lowest BCUT2D eigenvalue weighted by atomic mass is 10.1. The van der Waals surface area contributed by atoms with E-state index < -0.39 is 39.4 Å². The van der Waals surface area contributed by atoms with Crippen molar-refractivity contribution in [2.75, 3.05) is 25.2 Å². The molecule has 1 unspecified atom stereocenters. The van der Waals surface area contributed by atoms with Crippen LogP contribution in [0, 0.1) is 0 Å². The Kier molecular flexibility index (Phi) is 4.41. The summed E-state index contributed by atoms with van der Waals surface area (Å²) in [6.07, 6.45) is 0.626. The molecule has 0 aliphatic carbocycles. The molecule has 1 saturated heterocycles. The van der Waals surface area contributed by atoms with Gasteiger partial charge in [-0.2, -0.15) is 0 Å². The smallest absolute Gasteiger partial charge is 0.326 e. The van der Waals surface area contributed by atoms with E-state index in [0.29, 0.717) is 4.90 Å². The maximum absolute atomic E-state index is 11.4. The van der Waals surface area contributed by atoms with Crippen LogP contribution >= 0.6 is 0 Å². The molecule has 102 valence electrons. The summed E-state index contributed by atoms with van der Waals surface area (Å²) in [5, 5.41) is 8.98. The highest BCUT2D eigenvalue weighted by Gasteiger charge is 2.37. The first-order chi connectivity index (χ1) is 8.22. The average molecular weight is 279 g/mol. The van der Waals surface area contributed by atoms with Crippen molar-refractivity contribution in [3.05, 3.63) is 0 Å². The lowest BCUT2D eigenvalue weighted by molar-refractivity contribution is -0.168. The molecule has 0 spiro atoms. The standard InChI is InChI=1S/C9H13NO7S/c1-18(15,16)3-2-6(9(13)14)10-7(11)4-17-5-8(10)12/h6H,2-5H2,1H3,(H,13,14). The third-order valence-corrected chi connectivity index (χ3v) is 3.32. The van der Waals surface area contributed by atoms with Crippen molar-refractivity contribution in [2.24, 2.45) is 0 Å². The number of hydrogen-bond acceptors (Lipinski definition) is 6. The molecule has 1 fully saturated rings. The normalized spacial score (nSPS) is 18.8. The fourth-order valence-corrected chi connectivity index (χ4v) is 2.19. The summed E-state index contributed by atoms with van der Waals surface area (Å²) < 4.78 is 26.6. The molecule has 1 rings (SSSR count). The lowest BCUT2D eigenvalue weighted by Gasteiger charge is -2.29. The Hall–Kier alpha value is -1.48. The molecule has 2 amide bonds. The second-order valence-corrected chi connectivity index (χ2v) is 6.18. The second kappa shape index (κ2) is 5.44. The summed E-state index contributed by atoms with van der Waals surface area (Å²) in [6.45, 7) is -0.761. The highest BCUT2D eigenvalue weighted by Crippen LogP contribution is 2.11. The molecule has 0 radical (unpaired) electrons. The Morgan fingerprint density at radius 1 is 1.39 bits per heavy atom. The SMILES string of the molecule is CS(=O)(=O)CCC(C(=O)O)N1C(=O)COCC1=O. The maximum atomic E-state index is 11.4. The van der Waals surface area contributed by atoms with Gasteiger partial charge in [-0.05, 0) is 6.42 Å². The van der Waals surface area contributed by atoms with Gasteiger partial charge in [0.05, 0.1) is 5.75 Å². The van der Waals surface area contributed by atoms with Crippen LogP contribution in [0.2, 0.25) is 0 Å². The van der Waals surface area contributed by atoms with Crippen molar-refractivity contribution in [1.82, 2.24) is 4.90 Å². The first-order valence-electron chi connectivity index (χ1n) is 5.05. The fourth-order valence-electron chi connectivity index (χ4n) is 1.54. The predicted octanol–water partition coefficient (Wildman–Crippen LogP) is -1.74. The average Bonchev–Trinajstić information content (AvgIpc) is 2.20. The van der Waals surface area contributed by atoms with Crippen LogP contribution in [-0.2, 0) is 29.0 Å². The summed E-state index contributed by atoms with van der Waals surface area (Å²) >= 11 is 0. The maximum Gasteiger partial charge on any atom is 0.326 e. The van der Waals surface area contributed by atoms with Crippen LogP contribution in [0.25, 0.3) is 0 Å². The van der Waals surface area contributed by atoms with Gasteiger partial charge < -0.3 is 9.84 Å². The first-order valence-corrected chi connectivity index (χ1v) is 7.11. The number of amides is 2. The van der Waals surface area contributed by atoms with E-state index in [1.807, 2.05) is 0 Å². The van der Waals surface area contributed by atoms with E-state index in [-0.39, 0.29) is 19.6 Å². The third kappa shape index (κ3) is 3.77. The van der Waals surface area contributed by atoms with E-state index >= 15 is 0 Å². The van der Waals surface area contributed by atoms with Crippen molar-refractivity contribution in [3.8, 4) is 0 Å². The van der Waals surface area contributed by atoms with Gasteiger partial charge in [-0.15, -0.1) is 0 Å². The third-order valence-electron chi connectivity index (χ3n) is 2.35. The Morgan fingerprint density at radius 2 is 1.89 bits per heavy atom. The molecule has 0 aromatic heterocycles. The molecule has 9 heteroatoms. The van der Waals surface area contributed by atoms with Crippen molar-refractivity contribution in [2.45, 2.75) is 12.5 Å². The van der Waals surface area contributed by atoms with E-state index in [0.717, 1.165) is 6.26 Å². The van der Waals surface area contributed by atoms with Crippen LogP contribution in [0.4, 0.5) is 0 Å². The summed E-state index contributed by atoms with van der Waals surface area (Å²) in [6, 6.07) is -1.47. The fraction of sp³-hybridized carbons (Fsp3) is 0.667. The number of carboxylic acid groups (broad SMARTS) is 1. The summed E-state index contributed by atoms with van der Waals surface area (Å²) in [5.41, 5.74) is 0. The van der Waals surface area contributed by atoms with Gasteiger partial charge in [-0.3, -0.25) is 14.5 Å². The molecule has 1 aliphatic heterocycles. The van der Waals surface area contributed by atoms with Gasteiger partial charge in [0.25, 0.3) is 11.8 Å². The Balaban J connectivity index is 2.86. The van der Waals surface area contributed by atoms with Crippen molar-refractivity contribution in [1.29, 1.82) is 0 Å². The number of nitrogens with zero attached hydrogens (tertiary/aromatic N) is 1. The predicted molar refractivity (Wildman–Crippen MR) is 58.4 cm³/mol. The molecule has 0 aromatic rings. The summed E-state index contributed by atoms with van der Waals surface area (Å²) in [4.78, 5) is 34.5. The number of hydrogen-bond donors (Lipinski definition) is 1. The number of rotatable bonds is 5. The topological polar surface area (TPSA) is 118 Å². The van der Waals surface area contributed by atoms with Gasteiger partial charge in [-0.1, -0.05) is 0 Å². The van der Waals surface area contributed by atoms with Crippen LogP contribution in [0.5, 0.6) is 0 Å². The summed E-state index contributed by atoms with van der Waals surface area (Å²) in [5.74, 6) is -3.37. The van der Waals surface area contributed by atoms with Crippen molar-refractivity contribution in [3.63, 3.8) is 0 Å². The monoisotopic (exact) mass is 279 g/mol. The minimum absolute atomic E-state index is 0.328.